The summed E-state index contributed by atoms with van der Waals surface area (Å²) < 4.78 is 0. The summed E-state index contributed by atoms with van der Waals surface area (Å²) in [5, 5.41) is 56.5. The van der Waals surface area contributed by atoms with Crippen molar-refractivity contribution in [2.24, 2.45) is 0 Å². The van der Waals surface area contributed by atoms with Crippen LogP contribution in [0, 0.1) is 23.7 Å². The van der Waals surface area contributed by atoms with E-state index in [1.54, 1.807) is 0 Å². The second kappa shape index (κ2) is 33.2. The Labute approximate surface area is 338 Å². The molecule has 0 spiro atoms. The molecule has 2 amide bonds. The van der Waals surface area contributed by atoms with Gasteiger partial charge in [0, 0.05) is 25.9 Å². The number of carbonyl (C=O) groups is 8. The van der Waals surface area contributed by atoms with Crippen LogP contribution in [0.3, 0.4) is 0 Å². The second-order valence-corrected chi connectivity index (χ2v) is 12.8. The van der Waals surface area contributed by atoms with Crippen LogP contribution >= 0.6 is 0 Å². The summed E-state index contributed by atoms with van der Waals surface area (Å²) in [4.78, 5) is 87.8. The lowest BCUT2D eigenvalue weighted by Gasteiger charge is -2.16. The zero-order valence-electron chi connectivity index (χ0n) is 32.5. The van der Waals surface area contributed by atoms with Crippen LogP contribution in [-0.4, -0.2) is 133 Å². The molecule has 4 rings (SSSR count). The Kier molecular flexibility index (Phi) is 29.8. The van der Waals surface area contributed by atoms with E-state index in [1.807, 2.05) is 9.80 Å². The van der Waals surface area contributed by atoms with E-state index in [4.69, 9.17) is 0 Å². The molecule has 18 nitrogen and oxygen atoms in total. The van der Waals surface area contributed by atoms with Crippen molar-refractivity contribution in [1.82, 2.24) is 19.6 Å². The molecular formula is C40H50N4O14-6. The highest BCUT2D eigenvalue weighted by Gasteiger charge is 2.19. The van der Waals surface area contributed by atoms with Crippen molar-refractivity contribution in [2.45, 2.75) is 77.0 Å². The number of rotatable bonds is 10. The van der Waals surface area contributed by atoms with E-state index in [1.165, 1.54) is 77.5 Å². The van der Waals surface area contributed by atoms with Gasteiger partial charge >= 0.3 is 0 Å². The zero-order valence-corrected chi connectivity index (χ0v) is 32.5. The summed E-state index contributed by atoms with van der Waals surface area (Å²) in [6.45, 7) is 9.58. The molecule has 320 valence electrons. The van der Waals surface area contributed by atoms with Crippen LogP contribution in [0.2, 0.25) is 0 Å². The number of nitrogens with zero attached hydrogens (tertiary/aromatic N) is 4. The van der Waals surface area contributed by atoms with Crippen molar-refractivity contribution in [3.05, 3.63) is 36.5 Å². The van der Waals surface area contributed by atoms with E-state index >= 15 is 0 Å². The number of carbonyl (C=O) groups excluding carboxylic acids is 8. The first-order valence-electron chi connectivity index (χ1n) is 18.8. The molecule has 18 heteroatoms. The third kappa shape index (κ3) is 32.3. The fourth-order valence-corrected chi connectivity index (χ4v) is 5.38. The average molecular weight is 811 g/mol. The first-order chi connectivity index (χ1) is 27.6. The van der Waals surface area contributed by atoms with Crippen LogP contribution in [0.4, 0.5) is 0 Å². The zero-order chi connectivity index (χ0) is 43.6. The van der Waals surface area contributed by atoms with Gasteiger partial charge in [0.2, 0.25) is 11.8 Å². The number of amides is 2. The summed E-state index contributed by atoms with van der Waals surface area (Å²) >= 11 is 0. The van der Waals surface area contributed by atoms with Gasteiger partial charge in [-0.1, -0.05) is 49.4 Å². The van der Waals surface area contributed by atoms with Gasteiger partial charge in [0.15, 0.2) is 0 Å². The van der Waals surface area contributed by atoms with Gasteiger partial charge in [-0.25, -0.2) is 0 Å². The van der Waals surface area contributed by atoms with Gasteiger partial charge in [0.05, 0.1) is 62.0 Å². The molecule has 4 fully saturated rings. The van der Waals surface area contributed by atoms with E-state index in [0.29, 0.717) is 62.4 Å². The van der Waals surface area contributed by atoms with Crippen LogP contribution < -0.4 is 30.6 Å². The molecule has 0 atom stereocenters. The Balaban J connectivity index is 0.000000740. The number of carboxylic acid groups (broad SMARTS) is 6. The maximum Gasteiger partial charge on any atom is 0.223 e. The molecule has 4 heterocycles. The number of aliphatic carboxylic acids is 6. The van der Waals surface area contributed by atoms with E-state index < -0.39 is 35.8 Å². The predicted octanol–water partition coefficient (Wildman–Crippen LogP) is -5.90. The Bertz CT molecular complexity index is 1360. The monoisotopic (exact) mass is 810 g/mol. The summed E-state index contributed by atoms with van der Waals surface area (Å²) in [5.74, 6) is 3.96. The van der Waals surface area contributed by atoms with Gasteiger partial charge in [0.25, 0.3) is 0 Å². The molecule has 4 aliphatic rings. The number of hydrogen-bond donors (Lipinski definition) is 0. The Morgan fingerprint density at radius 1 is 0.379 bits per heavy atom. The maximum absolute atomic E-state index is 11.4. The summed E-state index contributed by atoms with van der Waals surface area (Å²) in [6, 6.07) is 0. The van der Waals surface area contributed by atoms with Crippen molar-refractivity contribution in [2.75, 3.05) is 65.4 Å². The third-order valence-corrected chi connectivity index (χ3v) is 8.20. The quantitative estimate of drug-likeness (QED) is 0.147. The fraction of sp³-hybridized carbons (Fsp3) is 0.550. The summed E-state index contributed by atoms with van der Waals surface area (Å²) in [7, 11) is 0. The summed E-state index contributed by atoms with van der Waals surface area (Å²) in [6.07, 6.45) is 16.5. The van der Waals surface area contributed by atoms with Crippen LogP contribution in [-0.2, 0) is 38.4 Å². The number of likely N-dealkylation sites (tertiary alicyclic amines) is 4. The average Bonchev–Trinajstić information content (AvgIpc) is 3.53. The van der Waals surface area contributed by atoms with E-state index in [-0.39, 0.29) is 11.8 Å². The molecule has 58 heavy (non-hydrogen) atoms. The largest absolute Gasteiger partial charge is 0.545 e. The lowest BCUT2D eigenvalue weighted by molar-refractivity contribution is -0.301. The SMILES string of the molecule is O=C([O-])/C=C/C(=O)[O-].O=C([O-])/C=C/C(=O)[O-].O=C([O-])/C=C/C(=O)[O-].O=C1CCCN1CC#CCN1CCCCCC1.O=C1CCCN1CC#CCN1CCCCCC1. The van der Waals surface area contributed by atoms with Gasteiger partial charge in [0.1, 0.15) is 0 Å². The van der Waals surface area contributed by atoms with Crippen LogP contribution in [0.15, 0.2) is 36.5 Å². The van der Waals surface area contributed by atoms with Gasteiger partial charge in [-0.2, -0.15) is 0 Å². The highest BCUT2D eigenvalue weighted by molar-refractivity contribution is 5.88. The minimum atomic E-state index is -1.55. The molecule has 0 radical (unpaired) electrons. The lowest BCUT2D eigenvalue weighted by Crippen LogP contribution is -2.26. The number of carboxylic acids is 6. The van der Waals surface area contributed by atoms with Crippen molar-refractivity contribution in [3.63, 3.8) is 0 Å². The molecule has 0 aromatic rings. The highest BCUT2D eigenvalue weighted by atomic mass is 16.4. The van der Waals surface area contributed by atoms with Gasteiger partial charge in [-0.05, 0) is 101 Å². The first kappa shape index (κ1) is 52.0. The molecule has 4 aliphatic heterocycles. The highest BCUT2D eigenvalue weighted by Crippen LogP contribution is 2.11. The Morgan fingerprint density at radius 3 is 0.828 bits per heavy atom. The maximum atomic E-state index is 11.4. The van der Waals surface area contributed by atoms with Crippen LogP contribution in [0.1, 0.15) is 77.0 Å². The predicted molar refractivity (Wildman–Crippen MR) is 194 cm³/mol. The van der Waals surface area contributed by atoms with Gasteiger partial charge in [-0.15, -0.1) is 0 Å². The lowest BCUT2D eigenvalue weighted by atomic mass is 10.2. The van der Waals surface area contributed by atoms with Gasteiger partial charge in [-0.3, -0.25) is 19.4 Å². The fourth-order valence-electron chi connectivity index (χ4n) is 5.38. The molecule has 0 aromatic heterocycles. The van der Waals surface area contributed by atoms with Crippen molar-refractivity contribution < 1.29 is 69.0 Å². The van der Waals surface area contributed by atoms with E-state index in [2.05, 4.69) is 33.5 Å². The molecule has 0 bridgehead atoms. The second-order valence-electron chi connectivity index (χ2n) is 12.8. The Morgan fingerprint density at radius 2 is 0.621 bits per heavy atom. The van der Waals surface area contributed by atoms with Crippen molar-refractivity contribution >= 4 is 47.6 Å². The Hall–Kier alpha value is -5.98. The standard InChI is InChI=1S/2C14H22N2O.3C4H4O4/c2*17-14-8-7-13-16(14)12-6-5-11-15-9-3-1-2-4-10-15;3*5-3(6)1-2-4(7)8/h2*1-4,7-13H2;3*1-2H,(H,5,6)(H,7,8)/p-6/b;;3*2-1+. The van der Waals surface area contributed by atoms with Gasteiger partial charge < -0.3 is 69.2 Å². The van der Waals surface area contributed by atoms with E-state index in [9.17, 15) is 69.0 Å². The molecular weight excluding hydrogens is 760 g/mol. The molecule has 0 aliphatic carbocycles. The van der Waals surface area contributed by atoms with Crippen LogP contribution in [0.5, 0.6) is 0 Å². The minimum Gasteiger partial charge on any atom is -0.545 e. The van der Waals surface area contributed by atoms with Crippen molar-refractivity contribution in [3.8, 4) is 23.7 Å². The normalized spacial score (nSPS) is 16.9. The number of hydrogen-bond acceptors (Lipinski definition) is 16. The third-order valence-electron chi connectivity index (χ3n) is 8.20. The van der Waals surface area contributed by atoms with E-state index in [0.717, 1.165) is 39.0 Å². The minimum absolute atomic E-state index is 0.272. The smallest absolute Gasteiger partial charge is 0.223 e. The molecule has 0 aromatic carbocycles. The molecule has 4 saturated heterocycles. The first-order valence-corrected chi connectivity index (χ1v) is 18.8. The molecule has 0 saturated carbocycles. The van der Waals surface area contributed by atoms with Crippen molar-refractivity contribution in [1.29, 1.82) is 0 Å². The topological polar surface area (TPSA) is 288 Å². The summed E-state index contributed by atoms with van der Waals surface area (Å²) in [5.41, 5.74) is 0. The van der Waals surface area contributed by atoms with Crippen LogP contribution in [0.25, 0.3) is 0 Å². The molecule has 0 unspecified atom stereocenters. The molecule has 0 N–H and O–H groups in total.